The Morgan fingerprint density at radius 3 is 2.44 bits per heavy atom. The minimum atomic E-state index is -0.519. The Bertz CT molecular complexity index is 1420. The molecule has 0 spiro atoms. The first kappa shape index (κ1) is 27.0. The number of rotatable bonds is 4. The topological polar surface area (TPSA) is 92.6 Å². The highest BCUT2D eigenvalue weighted by Crippen LogP contribution is 2.32. The van der Waals surface area contributed by atoms with Crippen LogP contribution in [0.15, 0.2) is 41.3 Å². The Labute approximate surface area is 230 Å². The summed E-state index contributed by atoms with van der Waals surface area (Å²) >= 11 is 0. The van der Waals surface area contributed by atoms with Gasteiger partial charge in [0.2, 0.25) is 5.95 Å². The molecule has 9 heteroatoms. The summed E-state index contributed by atoms with van der Waals surface area (Å²) in [7, 11) is 0. The summed E-state index contributed by atoms with van der Waals surface area (Å²) < 4.78 is 7.50. The average Bonchev–Trinajstić information content (AvgIpc) is 3.37. The van der Waals surface area contributed by atoms with Crippen LogP contribution in [0, 0.1) is 6.92 Å². The van der Waals surface area contributed by atoms with Crippen LogP contribution >= 0.6 is 0 Å². The van der Waals surface area contributed by atoms with E-state index in [2.05, 4.69) is 41.2 Å². The van der Waals surface area contributed by atoms with Gasteiger partial charge < -0.3 is 15.0 Å². The van der Waals surface area contributed by atoms with Gasteiger partial charge >= 0.3 is 6.09 Å². The van der Waals surface area contributed by atoms with Crippen molar-refractivity contribution in [3.63, 3.8) is 0 Å². The molecule has 1 aliphatic carbocycles. The number of amides is 1. The molecule has 1 saturated carbocycles. The van der Waals surface area contributed by atoms with Gasteiger partial charge in [0.15, 0.2) is 0 Å². The first-order valence-electron chi connectivity index (χ1n) is 13.9. The van der Waals surface area contributed by atoms with Crippen LogP contribution in [-0.4, -0.2) is 56.3 Å². The largest absolute Gasteiger partial charge is 0.444 e. The molecule has 3 aromatic rings. The molecule has 0 unspecified atom stereocenters. The minimum absolute atomic E-state index is 0.00981. The van der Waals surface area contributed by atoms with Gasteiger partial charge in [-0.2, -0.15) is 4.98 Å². The first-order chi connectivity index (χ1) is 18.4. The fraction of sp³-hybridized carbons (Fsp3) is 0.533. The maximum atomic E-state index is 12.9. The van der Waals surface area contributed by atoms with Crippen molar-refractivity contribution in [2.24, 2.45) is 0 Å². The van der Waals surface area contributed by atoms with Crippen molar-refractivity contribution in [2.45, 2.75) is 84.4 Å². The number of piperazine rings is 1. The zero-order valence-corrected chi connectivity index (χ0v) is 24.0. The smallest absolute Gasteiger partial charge is 0.410 e. The molecule has 9 nitrogen and oxygen atoms in total. The SMILES string of the molecule is Cc1cc(=O)n(C2CCCC2)c2nc(Nc3ccc(N4CCN(C(=O)OC(C)(C)C)C(C)(C)C4)cc3)ncc12. The molecular weight excluding hydrogens is 492 g/mol. The van der Waals surface area contributed by atoms with E-state index in [1.807, 2.05) is 55.5 Å². The van der Waals surface area contributed by atoms with Gasteiger partial charge in [-0.3, -0.25) is 14.3 Å². The van der Waals surface area contributed by atoms with Gasteiger partial charge in [-0.15, -0.1) is 0 Å². The molecule has 208 valence electrons. The molecule has 39 heavy (non-hydrogen) atoms. The Kier molecular flexibility index (Phi) is 7.03. The van der Waals surface area contributed by atoms with Crippen LogP contribution in [0.3, 0.4) is 0 Å². The second kappa shape index (κ2) is 10.2. The van der Waals surface area contributed by atoms with Crippen molar-refractivity contribution in [1.82, 2.24) is 19.4 Å². The third-order valence-electron chi connectivity index (χ3n) is 7.69. The van der Waals surface area contributed by atoms with E-state index in [4.69, 9.17) is 9.72 Å². The summed E-state index contributed by atoms with van der Waals surface area (Å²) in [5.74, 6) is 0.471. The van der Waals surface area contributed by atoms with E-state index < -0.39 is 5.60 Å². The van der Waals surface area contributed by atoms with Gasteiger partial charge in [-0.25, -0.2) is 9.78 Å². The number of carbonyl (C=O) groups is 1. The number of ether oxygens (including phenoxy) is 1. The number of nitrogens with zero attached hydrogens (tertiary/aromatic N) is 5. The fourth-order valence-electron chi connectivity index (χ4n) is 5.76. The molecule has 1 aromatic carbocycles. The van der Waals surface area contributed by atoms with Crippen molar-refractivity contribution in [3.05, 3.63) is 52.4 Å². The van der Waals surface area contributed by atoms with Crippen LogP contribution in [0.25, 0.3) is 11.0 Å². The van der Waals surface area contributed by atoms with Gasteiger partial charge in [-0.05, 0) is 84.2 Å². The average molecular weight is 533 g/mol. The van der Waals surface area contributed by atoms with E-state index in [9.17, 15) is 9.59 Å². The summed E-state index contributed by atoms with van der Waals surface area (Å²) in [4.78, 5) is 39.1. The highest BCUT2D eigenvalue weighted by atomic mass is 16.6. The minimum Gasteiger partial charge on any atom is -0.444 e. The zero-order chi connectivity index (χ0) is 27.9. The molecule has 1 amide bonds. The maximum Gasteiger partial charge on any atom is 0.410 e. The number of hydrogen-bond donors (Lipinski definition) is 1. The highest BCUT2D eigenvalue weighted by molar-refractivity contribution is 5.79. The molecule has 0 radical (unpaired) electrons. The third-order valence-corrected chi connectivity index (χ3v) is 7.69. The number of aryl methyl sites for hydroxylation is 1. The lowest BCUT2D eigenvalue weighted by Gasteiger charge is -2.47. The number of carbonyl (C=O) groups excluding carboxylic acids is 1. The summed E-state index contributed by atoms with van der Waals surface area (Å²) in [6.07, 6.45) is 5.84. The number of nitrogens with one attached hydrogen (secondary N) is 1. The molecule has 3 heterocycles. The van der Waals surface area contributed by atoms with Gasteiger partial charge in [-0.1, -0.05) is 12.8 Å². The first-order valence-corrected chi connectivity index (χ1v) is 13.9. The van der Waals surface area contributed by atoms with E-state index >= 15 is 0 Å². The van der Waals surface area contributed by atoms with Gasteiger partial charge in [0.25, 0.3) is 5.56 Å². The summed E-state index contributed by atoms with van der Waals surface area (Å²) in [6, 6.07) is 10.1. The van der Waals surface area contributed by atoms with Crippen molar-refractivity contribution >= 4 is 34.4 Å². The quantitative estimate of drug-likeness (QED) is 0.454. The van der Waals surface area contributed by atoms with Crippen molar-refractivity contribution in [3.8, 4) is 0 Å². The van der Waals surface area contributed by atoms with Gasteiger partial charge in [0.05, 0.1) is 5.54 Å². The van der Waals surface area contributed by atoms with Crippen LogP contribution in [0.1, 0.15) is 71.9 Å². The maximum absolute atomic E-state index is 12.9. The number of anilines is 3. The van der Waals surface area contributed by atoms with Crippen molar-refractivity contribution in [2.75, 3.05) is 29.9 Å². The number of aromatic nitrogens is 3. The van der Waals surface area contributed by atoms with Crippen LogP contribution in [0.4, 0.5) is 22.1 Å². The number of pyridine rings is 1. The molecule has 0 bridgehead atoms. The molecule has 1 N–H and O–H groups in total. The van der Waals surface area contributed by atoms with Crippen molar-refractivity contribution in [1.29, 1.82) is 0 Å². The Hall–Kier alpha value is -3.62. The van der Waals surface area contributed by atoms with E-state index in [1.165, 1.54) is 0 Å². The van der Waals surface area contributed by atoms with E-state index in [-0.39, 0.29) is 23.2 Å². The van der Waals surface area contributed by atoms with Crippen LogP contribution in [-0.2, 0) is 4.74 Å². The standard InChI is InChI=1S/C30H40N6O3/c1-20-17-25(37)36(23-9-7-8-10-23)26-24(20)18-31-27(33-26)32-21-11-13-22(14-12-21)34-15-16-35(30(5,6)19-34)28(38)39-29(2,3)4/h11-14,17-18,23H,7-10,15-16,19H2,1-6H3,(H,31,32,33). The molecule has 1 saturated heterocycles. The Morgan fingerprint density at radius 2 is 1.79 bits per heavy atom. The lowest BCUT2D eigenvalue weighted by atomic mass is 9.98. The molecule has 0 atom stereocenters. The number of fused-ring (bicyclic) bond motifs is 1. The van der Waals surface area contributed by atoms with E-state index in [1.54, 1.807) is 6.07 Å². The monoisotopic (exact) mass is 532 g/mol. The predicted octanol–water partition coefficient (Wildman–Crippen LogP) is 5.79. The molecule has 2 fully saturated rings. The van der Waals surface area contributed by atoms with E-state index in [0.29, 0.717) is 24.7 Å². The number of benzene rings is 1. The molecule has 1 aliphatic heterocycles. The third kappa shape index (κ3) is 5.72. The lowest BCUT2D eigenvalue weighted by Crippen LogP contribution is -2.61. The van der Waals surface area contributed by atoms with E-state index in [0.717, 1.165) is 54.6 Å². The normalized spacial score (nSPS) is 18.0. The van der Waals surface area contributed by atoms with Crippen LogP contribution in [0.2, 0.25) is 0 Å². The summed E-state index contributed by atoms with van der Waals surface area (Å²) in [5, 5.41) is 4.23. The highest BCUT2D eigenvalue weighted by Gasteiger charge is 2.39. The molecule has 2 aromatic heterocycles. The molecule has 5 rings (SSSR count). The van der Waals surface area contributed by atoms with Crippen LogP contribution in [0.5, 0.6) is 0 Å². The predicted molar refractivity (Wildman–Crippen MR) is 155 cm³/mol. The summed E-state index contributed by atoms with van der Waals surface area (Å²) in [6.45, 7) is 13.8. The fourth-order valence-corrected chi connectivity index (χ4v) is 5.76. The number of hydrogen-bond acceptors (Lipinski definition) is 7. The van der Waals surface area contributed by atoms with Gasteiger partial charge in [0.1, 0.15) is 11.2 Å². The van der Waals surface area contributed by atoms with Crippen molar-refractivity contribution < 1.29 is 9.53 Å². The second-order valence-electron chi connectivity index (χ2n) is 12.4. The van der Waals surface area contributed by atoms with Crippen LogP contribution < -0.4 is 15.8 Å². The summed E-state index contributed by atoms with van der Waals surface area (Å²) in [5.41, 5.74) is 2.67. The Morgan fingerprint density at radius 1 is 1.10 bits per heavy atom. The zero-order valence-electron chi connectivity index (χ0n) is 24.0. The Balaban J connectivity index is 1.32. The molecule has 2 aliphatic rings. The van der Waals surface area contributed by atoms with Gasteiger partial charge in [0, 0.05) is 54.7 Å². The second-order valence-corrected chi connectivity index (χ2v) is 12.4. The lowest BCUT2D eigenvalue weighted by molar-refractivity contribution is 0.000376. The molecular formula is C30H40N6O3.